The molecule has 1 heterocycles. The Balaban J connectivity index is 1.82. The topological polar surface area (TPSA) is 86.7 Å². The predicted octanol–water partition coefficient (Wildman–Crippen LogP) is 1.66. The van der Waals surface area contributed by atoms with Gasteiger partial charge in [0.05, 0.1) is 13.2 Å². The molecule has 23 heavy (non-hydrogen) atoms. The molecule has 0 atom stereocenters. The van der Waals surface area contributed by atoms with Gasteiger partial charge in [0.1, 0.15) is 5.75 Å². The summed E-state index contributed by atoms with van der Waals surface area (Å²) in [6.45, 7) is 1.43. The number of aromatic nitrogens is 1. The van der Waals surface area contributed by atoms with Crippen molar-refractivity contribution in [1.29, 1.82) is 0 Å². The first-order valence-corrected chi connectivity index (χ1v) is 7.62. The Morgan fingerprint density at radius 3 is 2.52 bits per heavy atom. The number of aliphatic hydroxyl groups is 1. The lowest BCUT2D eigenvalue weighted by Crippen LogP contribution is -2.22. The maximum Gasteiger partial charge on any atom is 0.292 e. The zero-order valence-electron chi connectivity index (χ0n) is 13.0. The van der Waals surface area contributed by atoms with Crippen molar-refractivity contribution in [3.8, 4) is 11.5 Å². The fourth-order valence-electron chi connectivity index (χ4n) is 2.04. The van der Waals surface area contributed by atoms with Crippen molar-refractivity contribution in [2.24, 2.45) is 0 Å². The Bertz CT molecular complexity index is 652. The second kappa shape index (κ2) is 8.85. The summed E-state index contributed by atoms with van der Waals surface area (Å²) >= 11 is 0. The van der Waals surface area contributed by atoms with Gasteiger partial charge >= 0.3 is 0 Å². The molecule has 0 amide bonds. The molecule has 1 aromatic heterocycles. The minimum atomic E-state index is -0.169. The molecule has 1 aromatic carbocycles. The van der Waals surface area contributed by atoms with Crippen molar-refractivity contribution in [2.45, 2.75) is 19.4 Å². The van der Waals surface area contributed by atoms with Gasteiger partial charge in [0.15, 0.2) is 5.75 Å². The molecule has 0 saturated heterocycles. The zero-order valence-corrected chi connectivity index (χ0v) is 13.0. The van der Waals surface area contributed by atoms with Crippen LogP contribution in [0.1, 0.15) is 12.8 Å². The number of hydrogen-bond acceptors (Lipinski definition) is 5. The molecule has 6 nitrogen and oxygen atoms in total. The predicted molar refractivity (Wildman–Crippen MR) is 88.9 cm³/mol. The Labute approximate surface area is 135 Å². The van der Waals surface area contributed by atoms with Crippen LogP contribution in [0, 0.1) is 0 Å². The first kappa shape index (κ1) is 16.9. The number of hydrogen-bond donors (Lipinski definition) is 2. The van der Waals surface area contributed by atoms with Gasteiger partial charge in [-0.1, -0.05) is 0 Å². The number of pyridine rings is 1. The second-order valence-corrected chi connectivity index (χ2v) is 5.07. The molecular formula is C17H22N2O4. The van der Waals surface area contributed by atoms with Gasteiger partial charge in [-0.25, -0.2) is 0 Å². The van der Waals surface area contributed by atoms with Crippen molar-refractivity contribution >= 4 is 5.69 Å². The SMILES string of the molecule is Nc1ccc(OCCCn2cccc(OCCCO)c2=O)cc1. The highest BCUT2D eigenvalue weighted by atomic mass is 16.5. The third-order valence-corrected chi connectivity index (χ3v) is 3.24. The van der Waals surface area contributed by atoms with Gasteiger partial charge in [0.2, 0.25) is 0 Å². The molecule has 0 bridgehead atoms. The van der Waals surface area contributed by atoms with Crippen LogP contribution in [-0.2, 0) is 6.54 Å². The highest BCUT2D eigenvalue weighted by Gasteiger charge is 2.04. The van der Waals surface area contributed by atoms with Crippen LogP contribution in [0.15, 0.2) is 47.4 Å². The molecule has 0 unspecified atom stereocenters. The summed E-state index contributed by atoms with van der Waals surface area (Å²) in [5, 5.41) is 8.74. The molecule has 2 aromatic rings. The number of aliphatic hydroxyl groups excluding tert-OH is 1. The molecule has 0 aliphatic carbocycles. The van der Waals surface area contributed by atoms with E-state index in [0.29, 0.717) is 44.0 Å². The minimum absolute atomic E-state index is 0.0451. The summed E-state index contributed by atoms with van der Waals surface area (Å²) in [6, 6.07) is 10.6. The van der Waals surface area contributed by atoms with Crippen LogP contribution in [-0.4, -0.2) is 29.5 Å². The van der Waals surface area contributed by atoms with Crippen molar-refractivity contribution in [2.75, 3.05) is 25.6 Å². The Morgan fingerprint density at radius 2 is 1.78 bits per heavy atom. The Morgan fingerprint density at radius 1 is 1.04 bits per heavy atom. The molecule has 6 heteroatoms. The number of benzene rings is 1. The third-order valence-electron chi connectivity index (χ3n) is 3.24. The van der Waals surface area contributed by atoms with E-state index in [1.165, 1.54) is 0 Å². The fourth-order valence-corrected chi connectivity index (χ4v) is 2.04. The summed E-state index contributed by atoms with van der Waals surface area (Å²) in [4.78, 5) is 12.2. The van der Waals surface area contributed by atoms with E-state index >= 15 is 0 Å². The molecule has 0 spiro atoms. The van der Waals surface area contributed by atoms with Gasteiger partial charge in [-0.2, -0.15) is 0 Å². The standard InChI is InChI=1S/C17H22N2O4/c18-14-5-7-15(8-6-14)22-12-2-10-19-9-1-4-16(17(19)21)23-13-3-11-20/h1,4-9,20H,2-3,10-13,18H2. The Kier molecular flexibility index (Phi) is 6.50. The monoisotopic (exact) mass is 318 g/mol. The maximum atomic E-state index is 12.2. The number of aryl methyl sites for hydroxylation is 1. The smallest absolute Gasteiger partial charge is 0.292 e. The fraction of sp³-hybridized carbons (Fsp3) is 0.353. The summed E-state index contributed by atoms with van der Waals surface area (Å²) in [5.41, 5.74) is 6.14. The van der Waals surface area contributed by atoms with E-state index in [4.69, 9.17) is 20.3 Å². The molecule has 3 N–H and O–H groups in total. The Hall–Kier alpha value is -2.47. The first-order valence-electron chi connectivity index (χ1n) is 7.62. The average molecular weight is 318 g/mol. The van der Waals surface area contributed by atoms with Crippen LogP contribution in [0.25, 0.3) is 0 Å². The number of rotatable bonds is 9. The molecule has 2 rings (SSSR count). The van der Waals surface area contributed by atoms with E-state index in [1.807, 2.05) is 12.1 Å². The van der Waals surface area contributed by atoms with E-state index in [1.54, 1.807) is 35.0 Å². The molecule has 0 saturated carbocycles. The van der Waals surface area contributed by atoms with Crippen LogP contribution in [0.4, 0.5) is 5.69 Å². The largest absolute Gasteiger partial charge is 0.494 e. The normalized spacial score (nSPS) is 10.5. The highest BCUT2D eigenvalue weighted by Crippen LogP contribution is 2.13. The van der Waals surface area contributed by atoms with Crippen molar-refractivity contribution in [3.63, 3.8) is 0 Å². The van der Waals surface area contributed by atoms with Gasteiger partial charge in [-0.15, -0.1) is 0 Å². The van der Waals surface area contributed by atoms with Crippen LogP contribution in [0.5, 0.6) is 11.5 Å². The van der Waals surface area contributed by atoms with E-state index in [-0.39, 0.29) is 12.2 Å². The number of nitrogens with two attached hydrogens (primary N) is 1. The average Bonchev–Trinajstić information content (AvgIpc) is 2.56. The molecule has 124 valence electrons. The lowest BCUT2D eigenvalue weighted by Gasteiger charge is -2.10. The van der Waals surface area contributed by atoms with E-state index in [9.17, 15) is 4.79 Å². The van der Waals surface area contributed by atoms with Crippen molar-refractivity contribution in [3.05, 3.63) is 52.9 Å². The van der Waals surface area contributed by atoms with Crippen LogP contribution in [0.2, 0.25) is 0 Å². The summed E-state index contributed by atoms with van der Waals surface area (Å²) < 4.78 is 12.6. The number of nitrogens with zero attached hydrogens (tertiary/aromatic N) is 1. The van der Waals surface area contributed by atoms with Gasteiger partial charge in [-0.3, -0.25) is 4.79 Å². The second-order valence-electron chi connectivity index (χ2n) is 5.07. The molecule has 0 aliphatic heterocycles. The molecular weight excluding hydrogens is 296 g/mol. The van der Waals surface area contributed by atoms with Crippen LogP contribution in [0.3, 0.4) is 0 Å². The minimum Gasteiger partial charge on any atom is -0.494 e. The lowest BCUT2D eigenvalue weighted by atomic mass is 10.3. The maximum absolute atomic E-state index is 12.2. The number of ether oxygens (including phenoxy) is 2. The number of anilines is 1. The quantitative estimate of drug-likeness (QED) is 0.542. The van der Waals surface area contributed by atoms with Gasteiger partial charge in [0.25, 0.3) is 5.56 Å². The molecule has 0 aliphatic rings. The van der Waals surface area contributed by atoms with Crippen molar-refractivity contribution < 1.29 is 14.6 Å². The summed E-state index contributed by atoms with van der Waals surface area (Å²) in [7, 11) is 0. The van der Waals surface area contributed by atoms with Crippen molar-refractivity contribution in [1.82, 2.24) is 4.57 Å². The summed E-state index contributed by atoms with van der Waals surface area (Å²) in [6.07, 6.45) is 2.93. The van der Waals surface area contributed by atoms with E-state index in [0.717, 1.165) is 5.75 Å². The molecule has 0 fully saturated rings. The van der Waals surface area contributed by atoms with E-state index < -0.39 is 0 Å². The third kappa shape index (κ3) is 5.34. The lowest BCUT2D eigenvalue weighted by molar-refractivity contribution is 0.231. The number of nitrogen functional groups attached to an aromatic ring is 1. The first-order chi connectivity index (χ1) is 11.2. The highest BCUT2D eigenvalue weighted by molar-refractivity contribution is 5.41. The van der Waals surface area contributed by atoms with Gasteiger partial charge < -0.3 is 24.9 Å². The summed E-state index contributed by atoms with van der Waals surface area (Å²) in [5.74, 6) is 1.06. The van der Waals surface area contributed by atoms with E-state index in [2.05, 4.69) is 0 Å². The van der Waals surface area contributed by atoms with Crippen LogP contribution >= 0.6 is 0 Å². The van der Waals surface area contributed by atoms with Gasteiger partial charge in [-0.05, 0) is 42.8 Å². The molecule has 0 radical (unpaired) electrons. The van der Waals surface area contributed by atoms with Gasteiger partial charge in [0, 0.05) is 31.5 Å². The zero-order chi connectivity index (χ0) is 16.5. The van der Waals surface area contributed by atoms with Crippen LogP contribution < -0.4 is 20.8 Å².